The third-order valence-corrected chi connectivity index (χ3v) is 4.61. The lowest BCUT2D eigenvalue weighted by atomic mass is 10.1. The van der Waals surface area contributed by atoms with Gasteiger partial charge in [-0.25, -0.2) is 8.42 Å². The van der Waals surface area contributed by atoms with Crippen LogP contribution < -0.4 is 4.72 Å². The minimum Gasteiger partial charge on any atom is -0.279 e. The van der Waals surface area contributed by atoms with Crippen LogP contribution in [0.2, 0.25) is 0 Å². The Kier molecular flexibility index (Phi) is 4.19. The van der Waals surface area contributed by atoms with Gasteiger partial charge in [-0.05, 0) is 37.1 Å². The van der Waals surface area contributed by atoms with Gasteiger partial charge >= 0.3 is 6.18 Å². The lowest BCUT2D eigenvalue weighted by Gasteiger charge is -2.16. The maximum absolute atomic E-state index is 13.0. The molecule has 2 rings (SSSR count). The summed E-state index contributed by atoms with van der Waals surface area (Å²) >= 11 is 0. The van der Waals surface area contributed by atoms with Gasteiger partial charge in [-0.2, -0.15) is 13.2 Å². The molecular weight excluding hydrogens is 315 g/mol. The van der Waals surface area contributed by atoms with Crippen LogP contribution in [0.15, 0.2) is 47.4 Å². The number of hydrogen-bond donors (Lipinski definition) is 1. The van der Waals surface area contributed by atoms with Crippen molar-refractivity contribution in [2.45, 2.75) is 24.9 Å². The van der Waals surface area contributed by atoms with E-state index >= 15 is 0 Å². The van der Waals surface area contributed by atoms with E-state index in [1.54, 1.807) is 32.0 Å². The number of alkyl halides is 3. The maximum atomic E-state index is 13.0. The van der Waals surface area contributed by atoms with Gasteiger partial charge in [-0.15, -0.1) is 0 Å². The third-order valence-electron chi connectivity index (χ3n) is 3.20. The van der Waals surface area contributed by atoms with Crippen molar-refractivity contribution in [2.75, 3.05) is 4.72 Å². The molecule has 2 aromatic carbocycles. The Morgan fingerprint density at radius 2 is 1.45 bits per heavy atom. The Morgan fingerprint density at radius 3 is 2.00 bits per heavy atom. The number of anilines is 1. The Labute approximate surface area is 126 Å². The van der Waals surface area contributed by atoms with Gasteiger partial charge in [0.1, 0.15) is 0 Å². The molecule has 0 radical (unpaired) electrons. The van der Waals surface area contributed by atoms with Crippen molar-refractivity contribution >= 4 is 15.7 Å². The molecule has 0 atom stereocenters. The van der Waals surface area contributed by atoms with Crippen LogP contribution in [0.3, 0.4) is 0 Å². The Balaban J connectivity index is 2.54. The van der Waals surface area contributed by atoms with Crippen molar-refractivity contribution in [1.29, 1.82) is 0 Å². The summed E-state index contributed by atoms with van der Waals surface area (Å²) in [6.07, 6.45) is -4.74. The Hall–Kier alpha value is -2.02. The van der Waals surface area contributed by atoms with Crippen LogP contribution in [0.25, 0.3) is 0 Å². The molecule has 0 saturated carbocycles. The molecular formula is C15H14F3NO2S. The predicted molar refractivity (Wildman–Crippen MR) is 78.2 cm³/mol. The molecule has 0 fully saturated rings. The van der Waals surface area contributed by atoms with Gasteiger partial charge in [-0.3, -0.25) is 4.72 Å². The SMILES string of the molecule is Cc1cccc(C)c1NS(=O)(=O)c1ccccc1C(F)(F)F. The summed E-state index contributed by atoms with van der Waals surface area (Å²) in [6.45, 7) is 3.36. The number of aryl methyl sites for hydroxylation is 2. The largest absolute Gasteiger partial charge is 0.417 e. The van der Waals surface area contributed by atoms with Crippen molar-refractivity contribution in [2.24, 2.45) is 0 Å². The van der Waals surface area contributed by atoms with E-state index in [4.69, 9.17) is 0 Å². The van der Waals surface area contributed by atoms with Crippen LogP contribution in [-0.4, -0.2) is 8.42 Å². The number of rotatable bonds is 3. The summed E-state index contributed by atoms with van der Waals surface area (Å²) in [6, 6.07) is 9.21. The molecule has 0 heterocycles. The summed E-state index contributed by atoms with van der Waals surface area (Å²) in [5, 5.41) is 0. The average molecular weight is 329 g/mol. The lowest BCUT2D eigenvalue weighted by molar-refractivity contribution is -0.139. The molecule has 0 aliphatic carbocycles. The van der Waals surface area contributed by atoms with E-state index < -0.39 is 26.7 Å². The van der Waals surface area contributed by atoms with Crippen LogP contribution in [-0.2, 0) is 16.2 Å². The molecule has 0 amide bonds. The summed E-state index contributed by atoms with van der Waals surface area (Å²) in [5.74, 6) is 0. The number of halogens is 3. The van der Waals surface area contributed by atoms with Crippen molar-refractivity contribution in [3.8, 4) is 0 Å². The summed E-state index contributed by atoms with van der Waals surface area (Å²) in [7, 11) is -4.34. The molecule has 0 aliphatic rings. The zero-order valence-electron chi connectivity index (χ0n) is 11.9. The molecule has 118 valence electrons. The molecule has 0 unspecified atom stereocenters. The average Bonchev–Trinajstić information content (AvgIpc) is 2.42. The molecule has 2 aromatic rings. The molecule has 0 bridgehead atoms. The van der Waals surface area contributed by atoms with Gasteiger partial charge in [-0.1, -0.05) is 30.3 Å². The van der Waals surface area contributed by atoms with Gasteiger partial charge in [0.15, 0.2) is 0 Å². The third kappa shape index (κ3) is 3.24. The van der Waals surface area contributed by atoms with E-state index in [1.807, 2.05) is 0 Å². The normalized spacial score (nSPS) is 12.2. The highest BCUT2D eigenvalue weighted by Crippen LogP contribution is 2.35. The fraction of sp³-hybridized carbons (Fsp3) is 0.200. The number of sulfonamides is 1. The summed E-state index contributed by atoms with van der Waals surface area (Å²) in [4.78, 5) is -0.787. The fourth-order valence-corrected chi connectivity index (χ4v) is 3.53. The van der Waals surface area contributed by atoms with Gasteiger partial charge in [0, 0.05) is 0 Å². The van der Waals surface area contributed by atoms with E-state index in [0.717, 1.165) is 18.2 Å². The minimum atomic E-state index is -4.74. The second-order valence-corrected chi connectivity index (χ2v) is 6.52. The standard InChI is InChI=1S/C15H14F3NO2S/c1-10-6-5-7-11(2)14(10)19-22(20,21)13-9-4-3-8-12(13)15(16,17)18/h3-9,19H,1-2H3. The molecule has 1 N–H and O–H groups in total. The van der Waals surface area contributed by atoms with E-state index in [2.05, 4.69) is 4.72 Å². The fourth-order valence-electron chi connectivity index (χ4n) is 2.10. The van der Waals surface area contributed by atoms with E-state index in [9.17, 15) is 21.6 Å². The monoisotopic (exact) mass is 329 g/mol. The molecule has 0 saturated heterocycles. The first-order valence-corrected chi connectivity index (χ1v) is 7.86. The molecule has 0 aliphatic heterocycles. The Bertz CT molecular complexity index is 778. The Morgan fingerprint density at radius 1 is 0.909 bits per heavy atom. The minimum absolute atomic E-state index is 0.291. The van der Waals surface area contributed by atoms with Crippen molar-refractivity contribution < 1.29 is 21.6 Å². The van der Waals surface area contributed by atoms with Crippen LogP contribution in [0.5, 0.6) is 0 Å². The number of nitrogens with one attached hydrogen (secondary N) is 1. The van der Waals surface area contributed by atoms with Crippen LogP contribution in [0, 0.1) is 13.8 Å². The molecule has 7 heteroatoms. The van der Waals surface area contributed by atoms with Crippen molar-refractivity contribution in [3.05, 3.63) is 59.2 Å². The molecule has 0 aromatic heterocycles. The first-order chi connectivity index (χ1) is 10.1. The molecule has 22 heavy (non-hydrogen) atoms. The van der Waals surface area contributed by atoms with Gasteiger partial charge in [0.25, 0.3) is 10.0 Å². The molecule has 0 spiro atoms. The first-order valence-electron chi connectivity index (χ1n) is 6.38. The first kappa shape index (κ1) is 16.4. The highest BCUT2D eigenvalue weighted by Gasteiger charge is 2.37. The second-order valence-electron chi connectivity index (χ2n) is 4.87. The number of para-hydroxylation sites is 1. The quantitative estimate of drug-likeness (QED) is 0.920. The van der Waals surface area contributed by atoms with Crippen LogP contribution >= 0.6 is 0 Å². The zero-order chi connectivity index (χ0) is 16.5. The summed E-state index contributed by atoms with van der Waals surface area (Å²) in [5.41, 5.74) is 0.370. The highest BCUT2D eigenvalue weighted by atomic mass is 32.2. The van der Waals surface area contributed by atoms with Crippen molar-refractivity contribution in [1.82, 2.24) is 0 Å². The molecule has 3 nitrogen and oxygen atoms in total. The second kappa shape index (κ2) is 5.64. The lowest BCUT2D eigenvalue weighted by Crippen LogP contribution is -2.19. The van der Waals surface area contributed by atoms with Crippen LogP contribution in [0.1, 0.15) is 16.7 Å². The van der Waals surface area contributed by atoms with E-state index in [0.29, 0.717) is 16.8 Å². The highest BCUT2D eigenvalue weighted by molar-refractivity contribution is 7.92. The number of hydrogen-bond acceptors (Lipinski definition) is 2. The van der Waals surface area contributed by atoms with Crippen LogP contribution in [0.4, 0.5) is 18.9 Å². The van der Waals surface area contributed by atoms with E-state index in [1.165, 1.54) is 6.07 Å². The van der Waals surface area contributed by atoms with Gasteiger partial charge < -0.3 is 0 Å². The zero-order valence-corrected chi connectivity index (χ0v) is 12.7. The van der Waals surface area contributed by atoms with E-state index in [-0.39, 0.29) is 0 Å². The smallest absolute Gasteiger partial charge is 0.279 e. The van der Waals surface area contributed by atoms with Gasteiger partial charge in [0.05, 0.1) is 16.1 Å². The van der Waals surface area contributed by atoms with Crippen molar-refractivity contribution in [3.63, 3.8) is 0 Å². The topological polar surface area (TPSA) is 46.2 Å². The predicted octanol–water partition coefficient (Wildman–Crippen LogP) is 4.12. The maximum Gasteiger partial charge on any atom is 0.417 e. The summed E-state index contributed by atoms with van der Waals surface area (Å²) < 4.78 is 65.9. The van der Waals surface area contributed by atoms with Gasteiger partial charge in [0.2, 0.25) is 0 Å². The number of benzene rings is 2.